The van der Waals surface area contributed by atoms with E-state index in [0.29, 0.717) is 19.8 Å². The van der Waals surface area contributed by atoms with Crippen molar-refractivity contribution in [2.24, 2.45) is 0 Å². The highest BCUT2D eigenvalue weighted by Gasteiger charge is 2.14. The largest absolute Gasteiger partial charge is 0.279 e. The highest BCUT2D eigenvalue weighted by molar-refractivity contribution is 9.11. The molecule has 3 rings (SSSR count). The summed E-state index contributed by atoms with van der Waals surface area (Å²) in [6.07, 6.45) is 0. The monoisotopic (exact) mass is 398 g/mol. The van der Waals surface area contributed by atoms with Crippen LogP contribution in [0.15, 0.2) is 40.2 Å². The summed E-state index contributed by atoms with van der Waals surface area (Å²) in [5, 5.41) is 0.395. The molecule has 2 N–H and O–H groups in total. The van der Waals surface area contributed by atoms with E-state index in [4.69, 9.17) is 0 Å². The van der Waals surface area contributed by atoms with Crippen LogP contribution in [0.25, 0.3) is 10.1 Å². The second-order valence-electron chi connectivity index (χ2n) is 4.27. The summed E-state index contributed by atoms with van der Waals surface area (Å²) in [5.41, 5.74) is 4.66. The topological polar surface area (TPSA) is 58.2 Å². The van der Waals surface area contributed by atoms with Crippen LogP contribution < -0.4 is 10.9 Å². The summed E-state index contributed by atoms with van der Waals surface area (Å²) in [4.78, 5) is 24.6. The Bertz CT molecular complexity index is 875. The number of thiophene rings is 2. The van der Waals surface area contributed by atoms with Gasteiger partial charge in [0.2, 0.25) is 0 Å². The lowest BCUT2D eigenvalue weighted by molar-refractivity contribution is 0.0851. The quantitative estimate of drug-likeness (QED) is 0.642. The van der Waals surface area contributed by atoms with Gasteiger partial charge in [0.25, 0.3) is 11.8 Å². The van der Waals surface area contributed by atoms with Gasteiger partial charge in [0, 0.05) is 10.1 Å². The van der Waals surface area contributed by atoms with Crippen LogP contribution in [0.2, 0.25) is 0 Å². The van der Waals surface area contributed by atoms with Crippen molar-refractivity contribution in [3.8, 4) is 0 Å². The number of hydrazine groups is 1. The molecule has 0 radical (unpaired) electrons. The lowest BCUT2D eigenvalue weighted by atomic mass is 10.2. The first-order valence-corrected chi connectivity index (χ1v) is 8.51. The van der Waals surface area contributed by atoms with E-state index < -0.39 is 11.8 Å². The summed E-state index contributed by atoms with van der Waals surface area (Å²) >= 11 is 5.68. The standard InChI is InChI=1S/C14H8BrFN2O2S2/c15-12-5-4-10(22-12)13(19)17-18-14(20)11-6-7-8(16)2-1-3-9(7)21-11/h1-6H,(H,17,19)(H,18,20). The number of fused-ring (bicyclic) bond motifs is 1. The minimum atomic E-state index is -0.482. The maximum Gasteiger partial charge on any atom is 0.279 e. The first-order valence-electron chi connectivity index (χ1n) is 6.08. The second-order valence-corrected chi connectivity index (χ2v) is 7.82. The van der Waals surface area contributed by atoms with E-state index in [1.165, 1.54) is 23.5 Å². The molecule has 0 unspecified atom stereocenters. The summed E-state index contributed by atoms with van der Waals surface area (Å²) in [5.74, 6) is -1.26. The van der Waals surface area contributed by atoms with Crippen LogP contribution in [0, 0.1) is 5.82 Å². The summed E-state index contributed by atoms with van der Waals surface area (Å²) < 4.78 is 15.1. The molecule has 0 aliphatic rings. The van der Waals surface area contributed by atoms with Crippen molar-refractivity contribution >= 4 is 60.5 Å². The number of carbonyl (C=O) groups excluding carboxylic acids is 2. The lowest BCUT2D eigenvalue weighted by Gasteiger charge is -2.04. The van der Waals surface area contributed by atoms with E-state index in [1.54, 1.807) is 24.3 Å². The molecule has 0 fully saturated rings. The molecule has 3 aromatic rings. The molecular formula is C14H8BrFN2O2S2. The van der Waals surface area contributed by atoms with Gasteiger partial charge in [-0.3, -0.25) is 20.4 Å². The van der Waals surface area contributed by atoms with E-state index in [9.17, 15) is 14.0 Å². The zero-order chi connectivity index (χ0) is 15.7. The number of hydrogen-bond donors (Lipinski definition) is 2. The zero-order valence-corrected chi connectivity index (χ0v) is 14.1. The third-order valence-corrected chi connectivity index (χ3v) is 5.54. The number of benzene rings is 1. The van der Waals surface area contributed by atoms with E-state index in [0.717, 1.165) is 15.1 Å². The second kappa shape index (κ2) is 6.15. The zero-order valence-electron chi connectivity index (χ0n) is 10.9. The van der Waals surface area contributed by atoms with Gasteiger partial charge in [-0.25, -0.2) is 4.39 Å². The van der Waals surface area contributed by atoms with E-state index >= 15 is 0 Å². The molecule has 0 saturated heterocycles. The third-order valence-electron chi connectivity index (χ3n) is 2.82. The molecule has 22 heavy (non-hydrogen) atoms. The number of nitrogens with one attached hydrogen (secondary N) is 2. The Morgan fingerprint density at radius 2 is 1.73 bits per heavy atom. The van der Waals surface area contributed by atoms with Crippen LogP contribution in [0.3, 0.4) is 0 Å². The van der Waals surface area contributed by atoms with Crippen LogP contribution >= 0.6 is 38.6 Å². The van der Waals surface area contributed by atoms with Crippen LogP contribution in [0.4, 0.5) is 4.39 Å². The Hall–Kier alpha value is -1.77. The van der Waals surface area contributed by atoms with Gasteiger partial charge in [-0.05, 0) is 46.3 Å². The number of halogens is 2. The van der Waals surface area contributed by atoms with Crippen molar-refractivity contribution in [3.05, 3.63) is 55.8 Å². The molecule has 2 amide bonds. The van der Waals surface area contributed by atoms with Gasteiger partial charge in [0.05, 0.1) is 13.5 Å². The SMILES string of the molecule is O=C(NNC(=O)c1cc2c(F)cccc2s1)c1ccc(Br)s1. The summed E-state index contributed by atoms with van der Waals surface area (Å²) in [6.45, 7) is 0. The lowest BCUT2D eigenvalue weighted by Crippen LogP contribution is -2.41. The van der Waals surface area contributed by atoms with Crippen LogP contribution in [0.1, 0.15) is 19.3 Å². The number of rotatable bonds is 2. The van der Waals surface area contributed by atoms with Crippen molar-refractivity contribution in [1.29, 1.82) is 0 Å². The Kier molecular flexibility index (Phi) is 4.23. The predicted molar refractivity (Wildman–Crippen MR) is 88.7 cm³/mol. The Morgan fingerprint density at radius 3 is 2.36 bits per heavy atom. The van der Waals surface area contributed by atoms with E-state index in [2.05, 4.69) is 26.8 Å². The fraction of sp³-hybridized carbons (Fsp3) is 0. The Labute approximate surface area is 141 Å². The fourth-order valence-corrected chi connectivity index (χ4v) is 4.06. The number of carbonyl (C=O) groups is 2. The van der Waals surface area contributed by atoms with Gasteiger partial charge in [-0.1, -0.05) is 6.07 Å². The normalized spacial score (nSPS) is 10.6. The van der Waals surface area contributed by atoms with Gasteiger partial charge < -0.3 is 0 Å². The molecule has 4 nitrogen and oxygen atoms in total. The molecule has 0 spiro atoms. The molecule has 0 saturated carbocycles. The van der Waals surface area contributed by atoms with Gasteiger partial charge in [0.1, 0.15) is 5.82 Å². The predicted octanol–water partition coefficient (Wildman–Crippen LogP) is 3.94. The van der Waals surface area contributed by atoms with Crippen LogP contribution in [0.5, 0.6) is 0 Å². The van der Waals surface area contributed by atoms with Gasteiger partial charge in [-0.2, -0.15) is 0 Å². The first kappa shape index (κ1) is 15.1. The number of hydrogen-bond acceptors (Lipinski definition) is 4. The average Bonchev–Trinajstić information content (AvgIpc) is 3.11. The van der Waals surface area contributed by atoms with E-state index in [1.807, 2.05) is 0 Å². The molecule has 1 aromatic carbocycles. The van der Waals surface area contributed by atoms with Crippen molar-refractivity contribution in [3.63, 3.8) is 0 Å². The van der Waals surface area contributed by atoms with Crippen molar-refractivity contribution in [2.75, 3.05) is 0 Å². The highest BCUT2D eigenvalue weighted by atomic mass is 79.9. The van der Waals surface area contributed by atoms with E-state index in [-0.39, 0.29) is 5.82 Å². The maximum atomic E-state index is 13.6. The molecule has 0 bridgehead atoms. The summed E-state index contributed by atoms with van der Waals surface area (Å²) in [6, 6.07) is 9.53. The smallest absolute Gasteiger partial charge is 0.266 e. The molecule has 2 aromatic heterocycles. The summed E-state index contributed by atoms with van der Waals surface area (Å²) in [7, 11) is 0. The minimum absolute atomic E-state index is 0.327. The molecule has 0 aliphatic heterocycles. The van der Waals surface area contributed by atoms with Gasteiger partial charge in [-0.15, -0.1) is 22.7 Å². The molecule has 2 heterocycles. The highest BCUT2D eigenvalue weighted by Crippen LogP contribution is 2.27. The minimum Gasteiger partial charge on any atom is -0.266 e. The molecule has 0 atom stereocenters. The van der Waals surface area contributed by atoms with Gasteiger partial charge >= 0.3 is 0 Å². The number of amides is 2. The Balaban J connectivity index is 1.71. The first-order chi connectivity index (χ1) is 10.5. The molecule has 112 valence electrons. The third kappa shape index (κ3) is 3.03. The fourth-order valence-electron chi connectivity index (χ4n) is 1.81. The average molecular weight is 399 g/mol. The molecular weight excluding hydrogens is 391 g/mol. The van der Waals surface area contributed by atoms with Crippen molar-refractivity contribution in [2.45, 2.75) is 0 Å². The van der Waals surface area contributed by atoms with Gasteiger partial charge in [0.15, 0.2) is 0 Å². The van der Waals surface area contributed by atoms with Crippen molar-refractivity contribution < 1.29 is 14.0 Å². The van der Waals surface area contributed by atoms with Crippen molar-refractivity contribution in [1.82, 2.24) is 10.9 Å². The molecule has 8 heteroatoms. The maximum absolute atomic E-state index is 13.6. The Morgan fingerprint density at radius 1 is 1.00 bits per heavy atom. The van der Waals surface area contributed by atoms with Crippen LogP contribution in [-0.2, 0) is 0 Å². The molecule has 0 aliphatic carbocycles. The van der Waals surface area contributed by atoms with Crippen LogP contribution in [-0.4, -0.2) is 11.8 Å².